The van der Waals surface area contributed by atoms with Crippen LogP contribution in [0.1, 0.15) is 63.1 Å². The molecule has 9 nitrogen and oxygen atoms in total. The van der Waals surface area contributed by atoms with E-state index in [1.165, 1.54) is 0 Å². The van der Waals surface area contributed by atoms with Crippen LogP contribution >= 0.6 is 0 Å². The number of carbonyl (C=O) groups is 2. The molecule has 2 aliphatic heterocycles. The van der Waals surface area contributed by atoms with Crippen molar-refractivity contribution in [1.29, 1.82) is 0 Å². The molecule has 1 atom stereocenters. The second-order valence-electron chi connectivity index (χ2n) is 10.2. The van der Waals surface area contributed by atoms with Crippen molar-refractivity contribution < 1.29 is 9.59 Å². The van der Waals surface area contributed by atoms with Gasteiger partial charge in [-0.25, -0.2) is 4.98 Å². The minimum Gasteiger partial charge on any atom is -0.367 e. The van der Waals surface area contributed by atoms with Gasteiger partial charge in [0.05, 0.1) is 6.20 Å². The average Bonchev–Trinajstić information content (AvgIpc) is 3.23. The second-order valence-corrected chi connectivity index (χ2v) is 10.2. The molecule has 33 heavy (non-hydrogen) atoms. The third kappa shape index (κ3) is 4.18. The summed E-state index contributed by atoms with van der Waals surface area (Å²) in [6, 6.07) is 2.43. The summed E-state index contributed by atoms with van der Waals surface area (Å²) in [5.41, 5.74) is 2.18. The number of nitrogens with one attached hydrogen (secondary N) is 3. The fourth-order valence-electron chi connectivity index (χ4n) is 5.11. The van der Waals surface area contributed by atoms with Crippen molar-refractivity contribution in [2.24, 2.45) is 5.41 Å². The van der Waals surface area contributed by atoms with Gasteiger partial charge in [0.25, 0.3) is 0 Å². The van der Waals surface area contributed by atoms with Crippen LogP contribution < -0.4 is 16.0 Å². The van der Waals surface area contributed by atoms with Gasteiger partial charge in [0.2, 0.25) is 11.8 Å². The number of likely N-dealkylation sites (tertiary alicyclic amines) is 1. The predicted octanol–water partition coefficient (Wildman–Crippen LogP) is 1.82. The molecule has 2 saturated heterocycles. The largest absolute Gasteiger partial charge is 0.367 e. The molecule has 1 aliphatic carbocycles. The molecule has 5 rings (SSSR count). The van der Waals surface area contributed by atoms with Crippen LogP contribution in [0.4, 0.5) is 5.82 Å². The third-order valence-electron chi connectivity index (χ3n) is 7.37. The Hall–Kier alpha value is -2.68. The number of carbonyl (C=O) groups excluding carboxylic acids is 2. The quantitative estimate of drug-likeness (QED) is 0.577. The molecule has 0 radical (unpaired) electrons. The van der Waals surface area contributed by atoms with Crippen molar-refractivity contribution in [2.45, 2.75) is 70.9 Å². The highest BCUT2D eigenvalue weighted by molar-refractivity contribution is 6.08. The van der Waals surface area contributed by atoms with Gasteiger partial charge in [-0.05, 0) is 51.5 Å². The molecule has 4 heterocycles. The fourth-order valence-corrected chi connectivity index (χ4v) is 5.11. The summed E-state index contributed by atoms with van der Waals surface area (Å²) in [4.78, 5) is 32.7. The minimum atomic E-state index is -0.820. The zero-order valence-corrected chi connectivity index (χ0v) is 19.9. The first-order valence-electron chi connectivity index (χ1n) is 12.3. The van der Waals surface area contributed by atoms with E-state index >= 15 is 0 Å². The Bertz CT molecular complexity index is 1040. The van der Waals surface area contributed by atoms with Crippen molar-refractivity contribution in [3.05, 3.63) is 23.5 Å². The van der Waals surface area contributed by atoms with Gasteiger partial charge in [0, 0.05) is 49.0 Å². The molecule has 0 aromatic carbocycles. The molecular weight excluding hydrogens is 418 g/mol. The highest BCUT2D eigenvalue weighted by Gasteiger charge is 2.58. The number of anilines is 1. The van der Waals surface area contributed by atoms with E-state index in [0.717, 1.165) is 55.1 Å². The lowest BCUT2D eigenvalue weighted by Gasteiger charge is -2.35. The fraction of sp³-hybridized carbons (Fsp3) is 0.667. The summed E-state index contributed by atoms with van der Waals surface area (Å²) in [6.07, 6.45) is 5.86. The number of aryl methyl sites for hydroxylation is 1. The van der Waals surface area contributed by atoms with Gasteiger partial charge in [0.15, 0.2) is 5.65 Å². The number of aromatic nitrogens is 3. The highest BCUT2D eigenvalue weighted by Crippen LogP contribution is 2.48. The van der Waals surface area contributed by atoms with Crippen LogP contribution in [0.15, 0.2) is 12.3 Å². The maximum atomic E-state index is 13.3. The molecule has 0 spiro atoms. The van der Waals surface area contributed by atoms with Crippen molar-refractivity contribution in [2.75, 3.05) is 31.5 Å². The van der Waals surface area contributed by atoms with E-state index in [2.05, 4.69) is 34.9 Å². The monoisotopic (exact) mass is 453 g/mol. The maximum absolute atomic E-state index is 13.3. The predicted molar refractivity (Wildman–Crippen MR) is 126 cm³/mol. The number of fused-ring (bicyclic) bond motifs is 1. The SMILES string of the molecule is Cc1cc(NC2CCN(C(=O)C3(C(=O)NC4CCNC4)CC3)CC2)n2ncc(C(C)C)c2n1. The van der Waals surface area contributed by atoms with Gasteiger partial charge in [-0.1, -0.05) is 13.8 Å². The second kappa shape index (κ2) is 8.59. The molecular formula is C24H35N7O2. The summed E-state index contributed by atoms with van der Waals surface area (Å²) < 4.78 is 1.89. The van der Waals surface area contributed by atoms with Gasteiger partial charge in [-0.15, -0.1) is 0 Å². The lowest BCUT2D eigenvalue weighted by Crippen LogP contribution is -2.51. The molecule has 2 amide bonds. The molecule has 178 valence electrons. The van der Waals surface area contributed by atoms with Crippen molar-refractivity contribution in [3.8, 4) is 0 Å². The summed E-state index contributed by atoms with van der Waals surface area (Å²) in [5.74, 6) is 1.24. The zero-order valence-electron chi connectivity index (χ0n) is 19.9. The van der Waals surface area contributed by atoms with E-state index in [0.29, 0.717) is 31.8 Å². The zero-order chi connectivity index (χ0) is 23.2. The first-order valence-corrected chi connectivity index (χ1v) is 12.3. The Labute approximate surface area is 194 Å². The van der Waals surface area contributed by atoms with E-state index in [1.54, 1.807) is 0 Å². The van der Waals surface area contributed by atoms with Gasteiger partial charge in [-0.2, -0.15) is 9.61 Å². The highest BCUT2D eigenvalue weighted by atomic mass is 16.2. The summed E-state index contributed by atoms with van der Waals surface area (Å²) in [7, 11) is 0. The van der Waals surface area contributed by atoms with E-state index in [4.69, 9.17) is 4.98 Å². The number of hydrogen-bond acceptors (Lipinski definition) is 6. The Morgan fingerprint density at radius 1 is 1.18 bits per heavy atom. The van der Waals surface area contributed by atoms with Gasteiger partial charge in [-0.3, -0.25) is 9.59 Å². The average molecular weight is 454 g/mol. The maximum Gasteiger partial charge on any atom is 0.238 e. The molecule has 2 aromatic rings. The smallest absolute Gasteiger partial charge is 0.238 e. The van der Waals surface area contributed by atoms with Crippen molar-refractivity contribution in [3.63, 3.8) is 0 Å². The number of hydrogen-bond donors (Lipinski definition) is 3. The Balaban J connectivity index is 1.21. The van der Waals surface area contributed by atoms with Crippen LogP contribution in [0.2, 0.25) is 0 Å². The topological polar surface area (TPSA) is 104 Å². The number of rotatable bonds is 6. The van der Waals surface area contributed by atoms with Gasteiger partial charge >= 0.3 is 0 Å². The first kappa shape index (κ1) is 22.1. The van der Waals surface area contributed by atoms with Crippen LogP contribution in [0.5, 0.6) is 0 Å². The summed E-state index contributed by atoms with van der Waals surface area (Å²) in [6.45, 7) is 9.36. The first-order chi connectivity index (χ1) is 15.9. The standard InChI is InChI=1S/C24H35N7O2/c1-15(2)19-14-26-31-20(12-16(3)27-21(19)31)28-17-5-10-30(11-6-17)23(33)24(7-8-24)22(32)29-18-4-9-25-13-18/h12,14-15,17-18,25,28H,4-11,13H2,1-3H3,(H,29,32). The molecule has 2 aromatic heterocycles. The Morgan fingerprint density at radius 2 is 1.94 bits per heavy atom. The Morgan fingerprint density at radius 3 is 2.58 bits per heavy atom. The number of nitrogens with zero attached hydrogens (tertiary/aromatic N) is 4. The van der Waals surface area contributed by atoms with Crippen LogP contribution in [-0.4, -0.2) is 69.6 Å². The Kier molecular flexibility index (Phi) is 5.76. The van der Waals surface area contributed by atoms with E-state index < -0.39 is 5.41 Å². The molecule has 3 fully saturated rings. The van der Waals surface area contributed by atoms with Gasteiger partial charge < -0.3 is 20.9 Å². The molecule has 9 heteroatoms. The third-order valence-corrected chi connectivity index (χ3v) is 7.37. The van der Waals surface area contributed by atoms with Gasteiger partial charge in [0.1, 0.15) is 11.2 Å². The van der Waals surface area contributed by atoms with Crippen molar-refractivity contribution in [1.82, 2.24) is 30.1 Å². The molecule has 3 N–H and O–H groups in total. The van der Waals surface area contributed by atoms with E-state index in [1.807, 2.05) is 28.6 Å². The number of piperidine rings is 1. The molecule has 1 unspecified atom stereocenters. The van der Waals surface area contributed by atoms with Crippen LogP contribution in [0.3, 0.4) is 0 Å². The molecule has 3 aliphatic rings. The lowest BCUT2D eigenvalue weighted by atomic mass is 9.99. The normalized spacial score (nSPS) is 22.7. The van der Waals surface area contributed by atoms with Crippen molar-refractivity contribution >= 4 is 23.3 Å². The molecule has 0 bridgehead atoms. The number of amides is 2. The van der Waals surface area contributed by atoms with Crippen LogP contribution in [-0.2, 0) is 9.59 Å². The molecule has 1 saturated carbocycles. The van der Waals surface area contributed by atoms with Crippen LogP contribution in [0.25, 0.3) is 5.65 Å². The minimum absolute atomic E-state index is 0.0141. The summed E-state index contributed by atoms with van der Waals surface area (Å²) in [5, 5.41) is 14.6. The summed E-state index contributed by atoms with van der Waals surface area (Å²) >= 11 is 0. The lowest BCUT2D eigenvalue weighted by molar-refractivity contribution is -0.145. The van der Waals surface area contributed by atoms with Crippen LogP contribution in [0, 0.1) is 12.3 Å². The van der Waals surface area contributed by atoms with E-state index in [-0.39, 0.29) is 23.9 Å². The van der Waals surface area contributed by atoms with E-state index in [9.17, 15) is 9.59 Å².